The van der Waals surface area contributed by atoms with E-state index in [9.17, 15) is 4.79 Å². The largest absolute Gasteiger partial charge is 0.486 e. The van der Waals surface area contributed by atoms with Crippen molar-refractivity contribution in [3.8, 4) is 11.5 Å². The Balaban J connectivity index is 1.83. The van der Waals surface area contributed by atoms with Gasteiger partial charge in [0.15, 0.2) is 11.5 Å². The molecule has 1 saturated heterocycles. The number of ether oxygens (including phenoxy) is 2. The lowest BCUT2D eigenvalue weighted by atomic mass is 9.82. The molecular weight excluding hydrogens is 278 g/mol. The molecule has 4 nitrogen and oxygen atoms in total. The monoisotopic (exact) mass is 303 g/mol. The third-order valence-electron chi connectivity index (χ3n) is 4.69. The van der Waals surface area contributed by atoms with E-state index in [2.05, 4.69) is 0 Å². The summed E-state index contributed by atoms with van der Waals surface area (Å²) in [7, 11) is 0. The van der Waals surface area contributed by atoms with Gasteiger partial charge in [-0.1, -0.05) is 18.9 Å². The van der Waals surface area contributed by atoms with Gasteiger partial charge in [-0.3, -0.25) is 4.79 Å². The standard InChI is InChI=1S/C18H25NO3/c1-18(2,17(20)19-9-5-3-4-6-10-19)14-7-8-15-16(13-14)22-12-11-21-15/h7-8,13H,3-6,9-12H2,1-2H3. The molecule has 4 heteroatoms. The lowest BCUT2D eigenvalue weighted by molar-refractivity contribution is -0.136. The average Bonchev–Trinajstić information content (AvgIpc) is 2.82. The fourth-order valence-corrected chi connectivity index (χ4v) is 3.22. The van der Waals surface area contributed by atoms with Crippen molar-refractivity contribution in [3.63, 3.8) is 0 Å². The van der Waals surface area contributed by atoms with Gasteiger partial charge in [0.2, 0.25) is 5.91 Å². The molecule has 0 bridgehead atoms. The predicted octanol–water partition coefficient (Wildman–Crippen LogP) is 3.14. The molecule has 0 atom stereocenters. The molecule has 2 aliphatic heterocycles. The molecule has 0 N–H and O–H groups in total. The van der Waals surface area contributed by atoms with E-state index in [1.807, 2.05) is 36.9 Å². The highest BCUT2D eigenvalue weighted by molar-refractivity contribution is 5.87. The van der Waals surface area contributed by atoms with Crippen molar-refractivity contribution in [2.45, 2.75) is 44.9 Å². The molecule has 1 fully saturated rings. The zero-order valence-corrected chi connectivity index (χ0v) is 13.6. The number of likely N-dealkylation sites (tertiary alicyclic amines) is 1. The van der Waals surface area contributed by atoms with Crippen molar-refractivity contribution >= 4 is 5.91 Å². The maximum absolute atomic E-state index is 13.0. The molecule has 0 aromatic heterocycles. The minimum absolute atomic E-state index is 0.214. The van der Waals surface area contributed by atoms with Gasteiger partial charge in [0.1, 0.15) is 13.2 Å². The second-order valence-corrected chi connectivity index (χ2v) is 6.69. The molecule has 0 saturated carbocycles. The third-order valence-corrected chi connectivity index (χ3v) is 4.69. The smallest absolute Gasteiger partial charge is 0.232 e. The van der Waals surface area contributed by atoms with Gasteiger partial charge in [-0.25, -0.2) is 0 Å². The summed E-state index contributed by atoms with van der Waals surface area (Å²) in [5.74, 6) is 1.74. The van der Waals surface area contributed by atoms with Crippen molar-refractivity contribution in [2.24, 2.45) is 0 Å². The fourth-order valence-electron chi connectivity index (χ4n) is 3.22. The van der Waals surface area contributed by atoms with Gasteiger partial charge in [0.05, 0.1) is 5.41 Å². The van der Waals surface area contributed by atoms with Crippen LogP contribution in [0.4, 0.5) is 0 Å². The first kappa shape index (κ1) is 15.2. The average molecular weight is 303 g/mol. The molecule has 0 unspecified atom stereocenters. The zero-order chi connectivity index (χ0) is 15.6. The van der Waals surface area contributed by atoms with Crippen LogP contribution in [0.3, 0.4) is 0 Å². The number of nitrogens with zero attached hydrogens (tertiary/aromatic N) is 1. The second kappa shape index (κ2) is 6.19. The Kier molecular flexibility index (Phi) is 4.27. The van der Waals surface area contributed by atoms with Crippen molar-refractivity contribution in [1.82, 2.24) is 4.90 Å². The molecule has 0 spiro atoms. The Labute approximate surface area is 132 Å². The van der Waals surface area contributed by atoms with E-state index in [4.69, 9.17) is 9.47 Å². The normalized spacial score (nSPS) is 18.7. The van der Waals surface area contributed by atoms with E-state index in [-0.39, 0.29) is 5.91 Å². The summed E-state index contributed by atoms with van der Waals surface area (Å²) in [5, 5.41) is 0. The van der Waals surface area contributed by atoms with E-state index in [0.717, 1.165) is 43.0 Å². The molecule has 1 aromatic rings. The van der Waals surface area contributed by atoms with E-state index < -0.39 is 5.41 Å². The number of benzene rings is 1. The fraction of sp³-hybridized carbons (Fsp3) is 0.611. The summed E-state index contributed by atoms with van der Waals surface area (Å²) in [6.45, 7) is 6.93. The Bertz CT molecular complexity index is 545. The molecular formula is C18H25NO3. The Morgan fingerprint density at radius 1 is 1.00 bits per heavy atom. The maximum atomic E-state index is 13.0. The van der Waals surface area contributed by atoms with Gasteiger partial charge >= 0.3 is 0 Å². The summed E-state index contributed by atoms with van der Waals surface area (Å²) in [6.07, 6.45) is 4.69. The number of amides is 1. The Hall–Kier alpha value is -1.71. The number of fused-ring (bicyclic) bond motifs is 1. The van der Waals surface area contributed by atoms with E-state index in [1.54, 1.807) is 0 Å². The molecule has 1 aromatic carbocycles. The molecule has 0 aliphatic carbocycles. The molecule has 2 heterocycles. The maximum Gasteiger partial charge on any atom is 0.232 e. The van der Waals surface area contributed by atoms with Crippen LogP contribution in [0.15, 0.2) is 18.2 Å². The van der Waals surface area contributed by atoms with Crippen LogP contribution < -0.4 is 9.47 Å². The van der Waals surface area contributed by atoms with Crippen LogP contribution in [0.2, 0.25) is 0 Å². The lowest BCUT2D eigenvalue weighted by Gasteiger charge is -2.32. The van der Waals surface area contributed by atoms with Crippen LogP contribution in [0.5, 0.6) is 11.5 Å². The minimum atomic E-state index is -0.541. The molecule has 120 valence electrons. The van der Waals surface area contributed by atoms with Crippen molar-refractivity contribution in [2.75, 3.05) is 26.3 Å². The highest BCUT2D eigenvalue weighted by Gasteiger charge is 2.34. The molecule has 3 rings (SSSR count). The number of carbonyl (C=O) groups excluding carboxylic acids is 1. The van der Waals surface area contributed by atoms with Crippen molar-refractivity contribution in [1.29, 1.82) is 0 Å². The summed E-state index contributed by atoms with van der Waals surface area (Å²) in [5.41, 5.74) is 0.450. The first-order valence-corrected chi connectivity index (χ1v) is 8.28. The number of rotatable bonds is 2. The van der Waals surface area contributed by atoms with Gasteiger partial charge < -0.3 is 14.4 Å². The first-order chi connectivity index (χ1) is 10.6. The lowest BCUT2D eigenvalue weighted by Crippen LogP contribution is -2.44. The summed E-state index contributed by atoms with van der Waals surface area (Å²) >= 11 is 0. The highest BCUT2D eigenvalue weighted by atomic mass is 16.6. The summed E-state index contributed by atoms with van der Waals surface area (Å²) in [6, 6.07) is 5.87. The van der Waals surface area contributed by atoms with E-state index in [0.29, 0.717) is 13.2 Å². The van der Waals surface area contributed by atoms with Crippen LogP contribution in [-0.4, -0.2) is 37.1 Å². The number of hydrogen-bond donors (Lipinski definition) is 0. The van der Waals surface area contributed by atoms with Gasteiger partial charge in [0.25, 0.3) is 0 Å². The molecule has 2 aliphatic rings. The predicted molar refractivity (Wildman–Crippen MR) is 85.5 cm³/mol. The van der Waals surface area contributed by atoms with Gasteiger partial charge in [-0.2, -0.15) is 0 Å². The van der Waals surface area contributed by atoms with Gasteiger partial charge in [-0.05, 0) is 44.4 Å². The van der Waals surface area contributed by atoms with Gasteiger partial charge in [-0.15, -0.1) is 0 Å². The van der Waals surface area contributed by atoms with Crippen LogP contribution in [0.25, 0.3) is 0 Å². The summed E-state index contributed by atoms with van der Waals surface area (Å²) in [4.78, 5) is 15.0. The topological polar surface area (TPSA) is 38.8 Å². The zero-order valence-electron chi connectivity index (χ0n) is 13.6. The highest BCUT2D eigenvalue weighted by Crippen LogP contribution is 2.36. The van der Waals surface area contributed by atoms with E-state index >= 15 is 0 Å². The van der Waals surface area contributed by atoms with Gasteiger partial charge in [0, 0.05) is 13.1 Å². The SMILES string of the molecule is CC(C)(C(=O)N1CCCCCC1)c1ccc2c(c1)OCCO2. The summed E-state index contributed by atoms with van der Waals surface area (Å²) < 4.78 is 11.2. The van der Waals surface area contributed by atoms with Crippen LogP contribution in [0, 0.1) is 0 Å². The second-order valence-electron chi connectivity index (χ2n) is 6.69. The van der Waals surface area contributed by atoms with Crippen molar-refractivity contribution < 1.29 is 14.3 Å². The quantitative estimate of drug-likeness (QED) is 0.842. The third kappa shape index (κ3) is 2.92. The van der Waals surface area contributed by atoms with Crippen LogP contribution in [0.1, 0.15) is 45.1 Å². The molecule has 1 amide bonds. The van der Waals surface area contributed by atoms with Crippen LogP contribution in [-0.2, 0) is 10.2 Å². The Morgan fingerprint density at radius 2 is 1.64 bits per heavy atom. The minimum Gasteiger partial charge on any atom is -0.486 e. The first-order valence-electron chi connectivity index (χ1n) is 8.28. The van der Waals surface area contributed by atoms with Crippen LogP contribution >= 0.6 is 0 Å². The van der Waals surface area contributed by atoms with E-state index in [1.165, 1.54) is 12.8 Å². The Morgan fingerprint density at radius 3 is 2.32 bits per heavy atom. The molecule has 0 radical (unpaired) electrons. The van der Waals surface area contributed by atoms with Crippen molar-refractivity contribution in [3.05, 3.63) is 23.8 Å². The molecule has 22 heavy (non-hydrogen) atoms. The number of hydrogen-bond acceptors (Lipinski definition) is 3. The number of carbonyl (C=O) groups is 1.